The number of rotatable bonds is 36. The van der Waals surface area contributed by atoms with Crippen molar-refractivity contribution in [1.29, 1.82) is 0 Å². The molecule has 4 heteroatoms. The van der Waals surface area contributed by atoms with Gasteiger partial charge < -0.3 is 9.47 Å². The zero-order chi connectivity index (χ0) is 34.6. The SMILES string of the molecule is CCCCCCCCCCCCCCCCCCOC(=O)C1CC=CCC1C(=O)OCCCCCCCCCCCCCCCCCC. The Morgan fingerprint density at radius 3 is 0.812 bits per heavy atom. The zero-order valence-electron chi connectivity index (χ0n) is 32.4. The third-order valence-electron chi connectivity index (χ3n) is 10.5. The summed E-state index contributed by atoms with van der Waals surface area (Å²) in [5.41, 5.74) is 0. The minimum atomic E-state index is -0.394. The smallest absolute Gasteiger partial charge is 0.310 e. The van der Waals surface area contributed by atoms with Gasteiger partial charge in [-0.25, -0.2) is 0 Å². The maximum absolute atomic E-state index is 12.8. The molecule has 0 saturated heterocycles. The third-order valence-corrected chi connectivity index (χ3v) is 10.5. The molecule has 0 fully saturated rings. The van der Waals surface area contributed by atoms with Crippen molar-refractivity contribution >= 4 is 11.9 Å². The predicted octanol–water partition coefficient (Wildman–Crippen LogP) is 14.2. The average molecular weight is 675 g/mol. The molecule has 0 aromatic carbocycles. The molecule has 0 spiro atoms. The maximum Gasteiger partial charge on any atom is 0.310 e. The molecule has 282 valence electrons. The number of allylic oxidation sites excluding steroid dienone is 2. The van der Waals surface area contributed by atoms with E-state index in [4.69, 9.17) is 9.47 Å². The molecule has 0 aliphatic heterocycles. The van der Waals surface area contributed by atoms with Crippen LogP contribution in [0.4, 0.5) is 0 Å². The number of hydrogen-bond donors (Lipinski definition) is 0. The van der Waals surface area contributed by atoms with Crippen molar-refractivity contribution in [1.82, 2.24) is 0 Å². The number of ether oxygens (including phenoxy) is 2. The molecule has 0 bridgehead atoms. The zero-order valence-corrected chi connectivity index (χ0v) is 32.4. The highest BCUT2D eigenvalue weighted by atomic mass is 16.5. The lowest BCUT2D eigenvalue weighted by Crippen LogP contribution is -2.34. The molecule has 0 saturated carbocycles. The van der Waals surface area contributed by atoms with E-state index in [0.717, 1.165) is 25.7 Å². The van der Waals surface area contributed by atoms with E-state index >= 15 is 0 Å². The Hall–Kier alpha value is -1.32. The van der Waals surface area contributed by atoms with Crippen molar-refractivity contribution in [3.05, 3.63) is 12.2 Å². The van der Waals surface area contributed by atoms with E-state index in [1.54, 1.807) is 0 Å². The molecule has 48 heavy (non-hydrogen) atoms. The van der Waals surface area contributed by atoms with E-state index < -0.39 is 11.8 Å². The molecular weight excluding hydrogens is 592 g/mol. The van der Waals surface area contributed by atoms with Gasteiger partial charge in [-0.05, 0) is 25.7 Å². The Morgan fingerprint density at radius 1 is 0.375 bits per heavy atom. The van der Waals surface area contributed by atoms with Crippen LogP contribution in [0, 0.1) is 11.8 Å². The van der Waals surface area contributed by atoms with Crippen LogP contribution < -0.4 is 0 Å². The first kappa shape index (κ1) is 44.7. The molecule has 0 aromatic heterocycles. The van der Waals surface area contributed by atoms with E-state index in [1.807, 2.05) is 12.2 Å². The summed E-state index contributed by atoms with van der Waals surface area (Å²) in [6, 6.07) is 0. The van der Waals surface area contributed by atoms with Crippen LogP contribution in [-0.4, -0.2) is 25.2 Å². The minimum Gasteiger partial charge on any atom is -0.465 e. The highest BCUT2D eigenvalue weighted by molar-refractivity contribution is 5.82. The normalized spacial score (nSPS) is 16.0. The van der Waals surface area contributed by atoms with E-state index in [-0.39, 0.29) is 11.9 Å². The minimum absolute atomic E-state index is 0.218. The van der Waals surface area contributed by atoms with Gasteiger partial charge in [0, 0.05) is 0 Å². The summed E-state index contributed by atoms with van der Waals surface area (Å²) >= 11 is 0. The summed E-state index contributed by atoms with van der Waals surface area (Å²) < 4.78 is 11.3. The highest BCUT2D eigenvalue weighted by Crippen LogP contribution is 2.28. The number of carbonyl (C=O) groups is 2. The van der Waals surface area contributed by atoms with Gasteiger partial charge in [-0.3, -0.25) is 9.59 Å². The van der Waals surface area contributed by atoms with Gasteiger partial charge in [0.1, 0.15) is 0 Å². The fourth-order valence-electron chi connectivity index (χ4n) is 7.20. The summed E-state index contributed by atoms with van der Waals surface area (Å²) in [5.74, 6) is -1.22. The molecule has 2 atom stereocenters. The Morgan fingerprint density at radius 2 is 0.583 bits per heavy atom. The second-order valence-electron chi connectivity index (χ2n) is 15.1. The molecule has 2 unspecified atom stereocenters. The van der Waals surface area contributed by atoms with Crippen LogP contribution in [0.2, 0.25) is 0 Å². The van der Waals surface area contributed by atoms with Gasteiger partial charge in [-0.15, -0.1) is 0 Å². The van der Waals surface area contributed by atoms with Gasteiger partial charge in [0.15, 0.2) is 0 Å². The first-order valence-electron chi connectivity index (χ1n) is 21.7. The van der Waals surface area contributed by atoms with Gasteiger partial charge >= 0.3 is 11.9 Å². The lowest BCUT2D eigenvalue weighted by molar-refractivity contribution is -0.161. The topological polar surface area (TPSA) is 52.6 Å². The van der Waals surface area contributed by atoms with E-state index in [1.165, 1.54) is 180 Å². The Kier molecular flexibility index (Phi) is 33.1. The second-order valence-corrected chi connectivity index (χ2v) is 15.1. The molecular formula is C44H82O4. The third kappa shape index (κ3) is 27.5. The van der Waals surface area contributed by atoms with Crippen LogP contribution in [-0.2, 0) is 19.1 Å². The van der Waals surface area contributed by atoms with Gasteiger partial charge in [-0.2, -0.15) is 0 Å². The van der Waals surface area contributed by atoms with Crippen molar-refractivity contribution in [2.75, 3.05) is 13.2 Å². The van der Waals surface area contributed by atoms with Gasteiger partial charge in [0.25, 0.3) is 0 Å². The van der Waals surface area contributed by atoms with Crippen LogP contribution in [0.25, 0.3) is 0 Å². The summed E-state index contributed by atoms with van der Waals surface area (Å²) in [4.78, 5) is 25.7. The molecule has 0 amide bonds. The largest absolute Gasteiger partial charge is 0.465 e. The molecule has 0 N–H and O–H groups in total. The van der Waals surface area contributed by atoms with Crippen LogP contribution in [0.15, 0.2) is 12.2 Å². The predicted molar refractivity (Wildman–Crippen MR) is 206 cm³/mol. The Labute approximate surface area is 299 Å². The molecule has 4 nitrogen and oxygen atoms in total. The first-order chi connectivity index (χ1) is 23.7. The van der Waals surface area contributed by atoms with Crippen LogP contribution in [0.3, 0.4) is 0 Å². The van der Waals surface area contributed by atoms with E-state index in [9.17, 15) is 9.59 Å². The number of hydrogen-bond acceptors (Lipinski definition) is 4. The van der Waals surface area contributed by atoms with Gasteiger partial charge in [0.05, 0.1) is 25.0 Å². The van der Waals surface area contributed by atoms with Crippen molar-refractivity contribution in [2.24, 2.45) is 11.8 Å². The highest BCUT2D eigenvalue weighted by Gasteiger charge is 2.36. The Balaban J connectivity index is 1.95. The molecule has 0 heterocycles. The van der Waals surface area contributed by atoms with E-state index in [0.29, 0.717) is 26.1 Å². The van der Waals surface area contributed by atoms with Crippen molar-refractivity contribution in [2.45, 2.75) is 232 Å². The van der Waals surface area contributed by atoms with Crippen LogP contribution in [0.1, 0.15) is 232 Å². The number of carbonyl (C=O) groups excluding carboxylic acids is 2. The molecule has 1 aliphatic rings. The molecule has 1 rings (SSSR count). The average Bonchev–Trinajstić information content (AvgIpc) is 3.10. The summed E-state index contributed by atoms with van der Waals surface area (Å²) in [5, 5.41) is 0. The monoisotopic (exact) mass is 675 g/mol. The lowest BCUT2D eigenvalue weighted by Gasteiger charge is -2.25. The Bertz CT molecular complexity index is 671. The summed E-state index contributed by atoms with van der Waals surface area (Å²) in [6.45, 7) is 5.51. The first-order valence-corrected chi connectivity index (χ1v) is 21.7. The number of unbranched alkanes of at least 4 members (excludes halogenated alkanes) is 30. The van der Waals surface area contributed by atoms with Crippen molar-refractivity contribution in [3.63, 3.8) is 0 Å². The fraction of sp³-hybridized carbons (Fsp3) is 0.909. The molecule has 0 radical (unpaired) electrons. The summed E-state index contributed by atoms with van der Waals surface area (Å²) in [7, 11) is 0. The molecule has 1 aliphatic carbocycles. The fourth-order valence-corrected chi connectivity index (χ4v) is 7.20. The standard InChI is InChI=1S/C44H82O4/c1-3-5-7-9-11-13-15-17-19-21-23-25-27-29-31-35-39-47-43(45)41-37-33-34-38-42(41)44(46)48-40-36-32-30-28-26-24-22-20-18-16-14-12-10-8-6-4-2/h33-34,41-42H,3-32,35-40H2,1-2H3. The number of esters is 2. The maximum atomic E-state index is 12.8. The summed E-state index contributed by atoms with van der Waals surface area (Å²) in [6.07, 6.45) is 47.8. The van der Waals surface area contributed by atoms with Crippen LogP contribution in [0.5, 0.6) is 0 Å². The van der Waals surface area contributed by atoms with Gasteiger partial charge in [-0.1, -0.05) is 219 Å². The van der Waals surface area contributed by atoms with Crippen molar-refractivity contribution in [3.8, 4) is 0 Å². The van der Waals surface area contributed by atoms with Gasteiger partial charge in [0.2, 0.25) is 0 Å². The lowest BCUT2D eigenvalue weighted by atomic mass is 9.83. The van der Waals surface area contributed by atoms with Crippen LogP contribution >= 0.6 is 0 Å². The van der Waals surface area contributed by atoms with E-state index in [2.05, 4.69) is 13.8 Å². The van der Waals surface area contributed by atoms with Crippen molar-refractivity contribution < 1.29 is 19.1 Å². The molecule has 0 aromatic rings. The second kappa shape index (κ2) is 35.5. The quantitative estimate of drug-likeness (QED) is 0.0377.